The minimum atomic E-state index is 0.428. The van der Waals surface area contributed by atoms with Crippen molar-refractivity contribution < 1.29 is 0 Å². The molecule has 0 spiro atoms. The van der Waals surface area contributed by atoms with Crippen LogP contribution in [0.1, 0.15) is 51.8 Å². The smallest absolute Gasteiger partial charge is 0.202 e. The summed E-state index contributed by atoms with van der Waals surface area (Å²) in [7, 11) is 0. The van der Waals surface area contributed by atoms with Crippen molar-refractivity contribution in [2.75, 3.05) is 11.9 Å². The monoisotopic (exact) mass is 213 g/mol. The molecular formula is C10H19N3S. The molecule has 0 aliphatic heterocycles. The molecule has 0 radical (unpaired) electrons. The standard InChI is InChI=1S/C10H19N3S/c1-4-5-6-7-11-10-12-9(8(2)3)13-14-10/h8H,4-7H2,1-3H3,(H,11,12,13). The summed E-state index contributed by atoms with van der Waals surface area (Å²) >= 11 is 1.46. The van der Waals surface area contributed by atoms with E-state index in [1.54, 1.807) is 0 Å². The summed E-state index contributed by atoms with van der Waals surface area (Å²) in [6, 6.07) is 0. The molecule has 0 atom stereocenters. The number of unbranched alkanes of at least 4 members (excludes halogenated alkanes) is 2. The molecule has 1 aromatic heterocycles. The number of nitrogens with one attached hydrogen (secondary N) is 1. The zero-order chi connectivity index (χ0) is 10.4. The Bertz CT molecular complexity index is 258. The Balaban J connectivity index is 2.29. The van der Waals surface area contributed by atoms with Crippen LogP contribution in [0, 0.1) is 0 Å². The van der Waals surface area contributed by atoms with E-state index in [1.165, 1.54) is 30.8 Å². The second kappa shape index (κ2) is 5.96. The van der Waals surface area contributed by atoms with Crippen molar-refractivity contribution in [2.24, 2.45) is 0 Å². The quantitative estimate of drug-likeness (QED) is 0.737. The molecule has 0 aromatic carbocycles. The molecule has 0 saturated carbocycles. The zero-order valence-electron chi connectivity index (χ0n) is 9.21. The molecule has 80 valence electrons. The van der Waals surface area contributed by atoms with Gasteiger partial charge in [0, 0.05) is 24.0 Å². The van der Waals surface area contributed by atoms with Gasteiger partial charge in [-0.1, -0.05) is 33.6 Å². The predicted molar refractivity (Wildman–Crippen MR) is 62.0 cm³/mol. The summed E-state index contributed by atoms with van der Waals surface area (Å²) in [5.74, 6) is 1.38. The maximum atomic E-state index is 4.40. The van der Waals surface area contributed by atoms with E-state index in [0.717, 1.165) is 17.5 Å². The van der Waals surface area contributed by atoms with E-state index in [2.05, 4.69) is 35.4 Å². The number of anilines is 1. The highest BCUT2D eigenvalue weighted by atomic mass is 32.1. The lowest BCUT2D eigenvalue weighted by Crippen LogP contribution is -2.01. The second-order valence-electron chi connectivity index (χ2n) is 3.75. The van der Waals surface area contributed by atoms with Gasteiger partial charge in [0.25, 0.3) is 0 Å². The van der Waals surface area contributed by atoms with Crippen LogP contribution >= 0.6 is 11.5 Å². The first-order chi connectivity index (χ1) is 6.74. The van der Waals surface area contributed by atoms with E-state index in [0.29, 0.717) is 5.92 Å². The van der Waals surface area contributed by atoms with Gasteiger partial charge in [-0.3, -0.25) is 0 Å². The number of nitrogens with zero attached hydrogens (tertiary/aromatic N) is 2. The van der Waals surface area contributed by atoms with Crippen LogP contribution in [0.15, 0.2) is 0 Å². The van der Waals surface area contributed by atoms with Crippen LogP contribution in [0.2, 0.25) is 0 Å². The van der Waals surface area contributed by atoms with Crippen LogP contribution in [0.3, 0.4) is 0 Å². The number of rotatable bonds is 6. The van der Waals surface area contributed by atoms with Crippen LogP contribution in [-0.2, 0) is 0 Å². The van der Waals surface area contributed by atoms with Crippen molar-refractivity contribution in [1.82, 2.24) is 9.36 Å². The van der Waals surface area contributed by atoms with Gasteiger partial charge in [-0.05, 0) is 6.42 Å². The van der Waals surface area contributed by atoms with Gasteiger partial charge >= 0.3 is 0 Å². The molecule has 1 heterocycles. The third-order valence-electron chi connectivity index (χ3n) is 2.01. The lowest BCUT2D eigenvalue weighted by atomic mass is 10.2. The Morgan fingerprint density at radius 3 is 2.71 bits per heavy atom. The largest absolute Gasteiger partial charge is 0.360 e. The van der Waals surface area contributed by atoms with Gasteiger partial charge in [0.05, 0.1) is 0 Å². The summed E-state index contributed by atoms with van der Waals surface area (Å²) in [5, 5.41) is 4.26. The summed E-state index contributed by atoms with van der Waals surface area (Å²) in [6.07, 6.45) is 3.75. The predicted octanol–water partition coefficient (Wildman–Crippen LogP) is 3.26. The Hall–Kier alpha value is -0.640. The van der Waals surface area contributed by atoms with Crippen molar-refractivity contribution >= 4 is 16.7 Å². The van der Waals surface area contributed by atoms with Gasteiger partial charge < -0.3 is 5.32 Å². The lowest BCUT2D eigenvalue weighted by molar-refractivity contribution is 0.742. The number of hydrogen-bond donors (Lipinski definition) is 1. The molecule has 1 N–H and O–H groups in total. The van der Waals surface area contributed by atoms with Crippen molar-refractivity contribution in [3.8, 4) is 0 Å². The first kappa shape index (κ1) is 11.4. The molecule has 0 bridgehead atoms. The minimum Gasteiger partial charge on any atom is -0.360 e. The Morgan fingerprint density at radius 1 is 1.36 bits per heavy atom. The molecule has 3 nitrogen and oxygen atoms in total. The van der Waals surface area contributed by atoms with Gasteiger partial charge in [0.15, 0.2) is 0 Å². The first-order valence-corrected chi connectivity index (χ1v) is 6.08. The summed E-state index contributed by atoms with van der Waals surface area (Å²) in [4.78, 5) is 4.40. The minimum absolute atomic E-state index is 0.428. The molecule has 4 heteroatoms. The molecule has 1 aromatic rings. The number of hydrogen-bond acceptors (Lipinski definition) is 4. The number of aromatic nitrogens is 2. The fourth-order valence-corrected chi connectivity index (χ4v) is 1.84. The van der Waals surface area contributed by atoms with E-state index in [4.69, 9.17) is 0 Å². The van der Waals surface area contributed by atoms with Crippen molar-refractivity contribution in [3.63, 3.8) is 0 Å². The van der Waals surface area contributed by atoms with Crippen LogP contribution in [-0.4, -0.2) is 15.9 Å². The molecule has 0 fully saturated rings. The molecule has 0 amide bonds. The van der Waals surface area contributed by atoms with E-state index < -0.39 is 0 Å². The summed E-state index contributed by atoms with van der Waals surface area (Å²) < 4.78 is 4.28. The van der Waals surface area contributed by atoms with Crippen LogP contribution < -0.4 is 5.32 Å². The fourth-order valence-electron chi connectivity index (χ4n) is 1.11. The lowest BCUT2D eigenvalue weighted by Gasteiger charge is -2.00. The molecule has 0 aliphatic rings. The topological polar surface area (TPSA) is 37.8 Å². The third kappa shape index (κ3) is 3.62. The molecule has 0 saturated heterocycles. The SMILES string of the molecule is CCCCCNc1nc(C(C)C)ns1. The van der Waals surface area contributed by atoms with Crippen molar-refractivity contribution in [2.45, 2.75) is 46.0 Å². The van der Waals surface area contributed by atoms with Crippen LogP contribution in [0.25, 0.3) is 0 Å². The first-order valence-electron chi connectivity index (χ1n) is 5.31. The molecule has 14 heavy (non-hydrogen) atoms. The van der Waals surface area contributed by atoms with E-state index >= 15 is 0 Å². The second-order valence-corrected chi connectivity index (χ2v) is 4.50. The maximum Gasteiger partial charge on any atom is 0.202 e. The summed E-state index contributed by atoms with van der Waals surface area (Å²) in [6.45, 7) is 7.45. The molecule has 0 unspecified atom stereocenters. The van der Waals surface area contributed by atoms with Crippen molar-refractivity contribution in [3.05, 3.63) is 5.82 Å². The van der Waals surface area contributed by atoms with E-state index in [9.17, 15) is 0 Å². The van der Waals surface area contributed by atoms with E-state index in [-0.39, 0.29) is 0 Å². The highest BCUT2D eigenvalue weighted by molar-refractivity contribution is 7.09. The van der Waals surface area contributed by atoms with Gasteiger partial charge in [0.1, 0.15) is 5.82 Å². The Kier molecular flexibility index (Phi) is 4.87. The maximum absolute atomic E-state index is 4.40. The Morgan fingerprint density at radius 2 is 2.14 bits per heavy atom. The highest BCUT2D eigenvalue weighted by Crippen LogP contribution is 2.17. The fraction of sp³-hybridized carbons (Fsp3) is 0.800. The van der Waals surface area contributed by atoms with E-state index in [1.807, 2.05) is 0 Å². The highest BCUT2D eigenvalue weighted by Gasteiger charge is 2.06. The molecular weight excluding hydrogens is 194 g/mol. The zero-order valence-corrected chi connectivity index (χ0v) is 10.0. The van der Waals surface area contributed by atoms with Crippen LogP contribution in [0.5, 0.6) is 0 Å². The molecule has 0 aliphatic carbocycles. The molecule has 1 rings (SSSR count). The normalized spacial score (nSPS) is 10.9. The van der Waals surface area contributed by atoms with Crippen LogP contribution in [0.4, 0.5) is 5.13 Å². The van der Waals surface area contributed by atoms with Gasteiger partial charge in [-0.15, -0.1) is 0 Å². The summed E-state index contributed by atoms with van der Waals surface area (Å²) in [5.41, 5.74) is 0. The average molecular weight is 213 g/mol. The third-order valence-corrected chi connectivity index (χ3v) is 2.70. The average Bonchev–Trinajstić information content (AvgIpc) is 2.61. The van der Waals surface area contributed by atoms with Gasteiger partial charge in [0.2, 0.25) is 5.13 Å². The van der Waals surface area contributed by atoms with Gasteiger partial charge in [-0.25, -0.2) is 4.98 Å². The van der Waals surface area contributed by atoms with Gasteiger partial charge in [-0.2, -0.15) is 4.37 Å². The van der Waals surface area contributed by atoms with Crippen molar-refractivity contribution in [1.29, 1.82) is 0 Å². The Labute approximate surface area is 90.1 Å².